The number of rotatable bonds is 7. The van der Waals surface area contributed by atoms with E-state index in [-0.39, 0.29) is 11.4 Å². The van der Waals surface area contributed by atoms with Crippen molar-refractivity contribution < 1.29 is 18.3 Å². The molecule has 6 heteroatoms. The molecule has 0 heterocycles. The molecular formula is C11H16F2N2O2. The first-order valence-corrected chi connectivity index (χ1v) is 5.21. The van der Waals surface area contributed by atoms with E-state index in [2.05, 4.69) is 5.32 Å². The van der Waals surface area contributed by atoms with Gasteiger partial charge in [-0.1, -0.05) is 0 Å². The van der Waals surface area contributed by atoms with Gasteiger partial charge in [0.05, 0.1) is 31.2 Å². The topological polar surface area (TPSA) is 56.5 Å². The Balaban J connectivity index is 2.39. The lowest BCUT2D eigenvalue weighted by molar-refractivity contribution is 0.0759. The van der Waals surface area contributed by atoms with E-state index in [1.807, 2.05) is 0 Å². The Bertz CT molecular complexity index is 362. The molecule has 0 aliphatic heterocycles. The zero-order valence-electron chi connectivity index (χ0n) is 9.63. The van der Waals surface area contributed by atoms with Gasteiger partial charge < -0.3 is 20.5 Å². The highest BCUT2D eigenvalue weighted by atomic mass is 19.2. The third-order valence-corrected chi connectivity index (χ3v) is 2.11. The molecule has 0 aliphatic rings. The SMILES string of the molecule is COCCOCCNc1c(N)ccc(F)c1F. The second-order valence-corrected chi connectivity index (χ2v) is 3.36. The fourth-order valence-corrected chi connectivity index (χ4v) is 1.24. The van der Waals surface area contributed by atoms with Crippen LogP contribution in [0.2, 0.25) is 0 Å². The molecule has 1 aromatic rings. The number of halogens is 2. The summed E-state index contributed by atoms with van der Waals surface area (Å²) in [6.45, 7) is 1.66. The van der Waals surface area contributed by atoms with Crippen LogP contribution < -0.4 is 11.1 Å². The van der Waals surface area contributed by atoms with Gasteiger partial charge in [0.25, 0.3) is 0 Å². The van der Waals surface area contributed by atoms with Gasteiger partial charge in [-0.05, 0) is 12.1 Å². The van der Waals surface area contributed by atoms with E-state index in [1.165, 1.54) is 6.07 Å². The summed E-state index contributed by atoms with van der Waals surface area (Å²) in [5, 5.41) is 2.69. The Hall–Kier alpha value is -1.40. The molecule has 0 atom stereocenters. The fourth-order valence-electron chi connectivity index (χ4n) is 1.24. The van der Waals surface area contributed by atoms with Crippen LogP contribution in [-0.2, 0) is 9.47 Å². The summed E-state index contributed by atoms with van der Waals surface area (Å²) in [6.07, 6.45) is 0. The van der Waals surface area contributed by atoms with Crippen LogP contribution in [-0.4, -0.2) is 33.5 Å². The number of benzene rings is 1. The summed E-state index contributed by atoms with van der Waals surface area (Å²) in [4.78, 5) is 0. The molecule has 4 nitrogen and oxygen atoms in total. The van der Waals surface area contributed by atoms with Gasteiger partial charge in [-0.25, -0.2) is 8.78 Å². The molecule has 1 aromatic carbocycles. The largest absolute Gasteiger partial charge is 0.397 e. The molecule has 1 rings (SSSR count). The lowest BCUT2D eigenvalue weighted by Crippen LogP contribution is -2.14. The van der Waals surface area contributed by atoms with Crippen molar-refractivity contribution in [3.8, 4) is 0 Å². The molecule has 96 valence electrons. The Morgan fingerprint density at radius 2 is 2.00 bits per heavy atom. The molecule has 0 amide bonds. The molecule has 0 fully saturated rings. The molecule has 0 aromatic heterocycles. The van der Waals surface area contributed by atoms with Gasteiger partial charge in [0, 0.05) is 13.7 Å². The molecule has 3 N–H and O–H groups in total. The Morgan fingerprint density at radius 3 is 2.71 bits per heavy atom. The summed E-state index contributed by atoms with van der Waals surface area (Å²) < 4.78 is 36.2. The van der Waals surface area contributed by atoms with Gasteiger partial charge in [-0.15, -0.1) is 0 Å². The highest BCUT2D eigenvalue weighted by Crippen LogP contribution is 2.24. The maximum Gasteiger partial charge on any atom is 0.183 e. The van der Waals surface area contributed by atoms with E-state index in [0.717, 1.165) is 6.07 Å². The summed E-state index contributed by atoms with van der Waals surface area (Å²) >= 11 is 0. The summed E-state index contributed by atoms with van der Waals surface area (Å²) in [5.41, 5.74) is 5.66. The highest BCUT2D eigenvalue weighted by Gasteiger charge is 2.10. The lowest BCUT2D eigenvalue weighted by Gasteiger charge is -2.11. The molecule has 0 radical (unpaired) electrons. The second kappa shape index (κ2) is 7.03. The predicted octanol–water partition coefficient (Wildman–Crippen LogP) is 1.62. The zero-order chi connectivity index (χ0) is 12.7. The zero-order valence-corrected chi connectivity index (χ0v) is 9.63. The van der Waals surface area contributed by atoms with Crippen molar-refractivity contribution in [3.05, 3.63) is 23.8 Å². The Kier molecular flexibility index (Phi) is 5.65. The fraction of sp³-hybridized carbons (Fsp3) is 0.455. The standard InChI is InChI=1S/C11H16F2N2O2/c1-16-6-7-17-5-4-15-11-9(14)3-2-8(12)10(11)13/h2-3,15H,4-7,14H2,1H3. The van der Waals surface area contributed by atoms with Gasteiger partial charge in [0.15, 0.2) is 11.6 Å². The molecular weight excluding hydrogens is 230 g/mol. The van der Waals surface area contributed by atoms with E-state index in [9.17, 15) is 8.78 Å². The van der Waals surface area contributed by atoms with Crippen LogP contribution in [0, 0.1) is 11.6 Å². The van der Waals surface area contributed by atoms with Crippen molar-refractivity contribution in [1.29, 1.82) is 0 Å². The molecule has 0 bridgehead atoms. The normalized spacial score (nSPS) is 10.5. The minimum absolute atomic E-state index is 0.0275. The minimum atomic E-state index is -0.970. The Morgan fingerprint density at radius 1 is 1.24 bits per heavy atom. The van der Waals surface area contributed by atoms with Crippen molar-refractivity contribution in [2.24, 2.45) is 0 Å². The third-order valence-electron chi connectivity index (χ3n) is 2.11. The van der Waals surface area contributed by atoms with E-state index in [1.54, 1.807) is 7.11 Å². The van der Waals surface area contributed by atoms with E-state index in [0.29, 0.717) is 26.4 Å². The highest BCUT2D eigenvalue weighted by molar-refractivity contribution is 5.66. The predicted molar refractivity (Wildman–Crippen MR) is 62.0 cm³/mol. The number of methoxy groups -OCH3 is 1. The number of hydrogen-bond donors (Lipinski definition) is 2. The van der Waals surface area contributed by atoms with Crippen molar-refractivity contribution >= 4 is 11.4 Å². The van der Waals surface area contributed by atoms with E-state index in [4.69, 9.17) is 15.2 Å². The van der Waals surface area contributed by atoms with Crippen LogP contribution in [0.5, 0.6) is 0 Å². The summed E-state index contributed by atoms with van der Waals surface area (Å²) in [7, 11) is 1.57. The third kappa shape index (κ3) is 4.16. The van der Waals surface area contributed by atoms with Gasteiger partial charge in [-0.3, -0.25) is 0 Å². The second-order valence-electron chi connectivity index (χ2n) is 3.36. The first-order valence-electron chi connectivity index (χ1n) is 5.21. The van der Waals surface area contributed by atoms with Crippen LogP contribution in [0.3, 0.4) is 0 Å². The number of nitrogens with two attached hydrogens (primary N) is 1. The average molecular weight is 246 g/mol. The molecule has 17 heavy (non-hydrogen) atoms. The average Bonchev–Trinajstić information content (AvgIpc) is 2.32. The van der Waals surface area contributed by atoms with Crippen LogP contribution in [0.15, 0.2) is 12.1 Å². The molecule has 0 unspecified atom stereocenters. The first kappa shape index (κ1) is 13.7. The van der Waals surface area contributed by atoms with Gasteiger partial charge in [-0.2, -0.15) is 0 Å². The number of nitrogen functional groups attached to an aromatic ring is 1. The monoisotopic (exact) mass is 246 g/mol. The van der Waals surface area contributed by atoms with Gasteiger partial charge in [0.2, 0.25) is 0 Å². The Labute approximate surface area is 98.7 Å². The van der Waals surface area contributed by atoms with Gasteiger partial charge >= 0.3 is 0 Å². The van der Waals surface area contributed by atoms with Crippen LogP contribution in [0.4, 0.5) is 20.2 Å². The number of ether oxygens (including phenoxy) is 2. The maximum atomic E-state index is 13.3. The number of nitrogens with one attached hydrogen (secondary N) is 1. The van der Waals surface area contributed by atoms with Crippen molar-refractivity contribution in [1.82, 2.24) is 0 Å². The maximum absolute atomic E-state index is 13.3. The lowest BCUT2D eigenvalue weighted by atomic mass is 10.2. The van der Waals surface area contributed by atoms with Crippen LogP contribution >= 0.6 is 0 Å². The molecule has 0 saturated carbocycles. The quantitative estimate of drug-likeness (QED) is 0.567. The van der Waals surface area contributed by atoms with Crippen molar-refractivity contribution in [2.45, 2.75) is 0 Å². The van der Waals surface area contributed by atoms with Gasteiger partial charge in [0.1, 0.15) is 0 Å². The first-order chi connectivity index (χ1) is 8.16. The number of hydrogen-bond acceptors (Lipinski definition) is 4. The van der Waals surface area contributed by atoms with Crippen LogP contribution in [0.1, 0.15) is 0 Å². The van der Waals surface area contributed by atoms with E-state index < -0.39 is 11.6 Å². The van der Waals surface area contributed by atoms with Crippen molar-refractivity contribution in [2.75, 3.05) is 44.5 Å². The van der Waals surface area contributed by atoms with Crippen LogP contribution in [0.25, 0.3) is 0 Å². The number of anilines is 2. The van der Waals surface area contributed by atoms with E-state index >= 15 is 0 Å². The summed E-state index contributed by atoms with van der Waals surface area (Å²) in [5.74, 6) is -1.90. The molecule has 0 saturated heterocycles. The summed E-state index contributed by atoms with van der Waals surface area (Å²) in [6, 6.07) is 2.30. The molecule has 0 spiro atoms. The minimum Gasteiger partial charge on any atom is -0.397 e. The molecule has 0 aliphatic carbocycles. The smallest absolute Gasteiger partial charge is 0.183 e. The van der Waals surface area contributed by atoms with Crippen molar-refractivity contribution in [3.63, 3.8) is 0 Å².